The molecule has 2 N–H and O–H groups in total. The van der Waals surface area contributed by atoms with Crippen molar-refractivity contribution in [1.82, 2.24) is 10.2 Å². The van der Waals surface area contributed by atoms with Gasteiger partial charge in [-0.25, -0.2) is 4.79 Å². The molecule has 6 nitrogen and oxygen atoms in total. The first-order chi connectivity index (χ1) is 15.6. The van der Waals surface area contributed by atoms with Crippen LogP contribution in [-0.4, -0.2) is 48.8 Å². The Bertz CT molecular complexity index is 1020. The van der Waals surface area contributed by atoms with Gasteiger partial charge >= 0.3 is 6.03 Å². The fraction of sp³-hybridized carbons (Fsp3) is 0.269. The van der Waals surface area contributed by atoms with Crippen molar-refractivity contribution in [3.8, 4) is 11.5 Å². The summed E-state index contributed by atoms with van der Waals surface area (Å²) in [6.45, 7) is 5.25. The molecule has 1 saturated heterocycles. The van der Waals surface area contributed by atoms with Gasteiger partial charge in [-0.3, -0.25) is 0 Å². The molecule has 166 valence electrons. The molecule has 6 heteroatoms. The fourth-order valence-electron chi connectivity index (χ4n) is 4.00. The largest absolute Gasteiger partial charge is 0.508 e. The van der Waals surface area contributed by atoms with Gasteiger partial charge in [0.1, 0.15) is 11.5 Å². The van der Waals surface area contributed by atoms with E-state index in [9.17, 15) is 9.90 Å². The number of carbonyl (C=O) groups excluding carboxylic acids is 1. The van der Waals surface area contributed by atoms with Crippen LogP contribution in [0, 0.1) is 0 Å². The Hall–Kier alpha value is -3.67. The van der Waals surface area contributed by atoms with Crippen LogP contribution in [0.4, 0.5) is 10.5 Å². The quantitative estimate of drug-likeness (QED) is 0.607. The van der Waals surface area contributed by atoms with Crippen LogP contribution in [0.1, 0.15) is 24.1 Å². The molecule has 0 spiro atoms. The Morgan fingerprint density at radius 1 is 0.938 bits per heavy atom. The molecule has 3 aromatic carbocycles. The Kier molecular flexibility index (Phi) is 6.80. The van der Waals surface area contributed by atoms with E-state index in [-0.39, 0.29) is 17.8 Å². The normalized spacial score (nSPS) is 14.7. The standard InChI is InChI=1S/C26H29N3O3/c1-2-32-24-13-11-21(12-14-24)25(20-7-4-3-5-8-20)27-26(31)29-17-15-28(16-18-29)22-9-6-10-23(30)19-22/h3-14,19,25,30H,2,15-18H2,1H3,(H,27,31). The van der Waals surface area contributed by atoms with Crippen molar-refractivity contribution >= 4 is 11.7 Å². The number of benzene rings is 3. The van der Waals surface area contributed by atoms with Crippen LogP contribution in [0.2, 0.25) is 0 Å². The van der Waals surface area contributed by atoms with Crippen LogP contribution >= 0.6 is 0 Å². The number of hydrogen-bond acceptors (Lipinski definition) is 4. The SMILES string of the molecule is CCOc1ccc(C(NC(=O)N2CCN(c3cccc(O)c3)CC2)c2ccccc2)cc1. The van der Waals surface area contributed by atoms with Gasteiger partial charge < -0.3 is 25.0 Å². The summed E-state index contributed by atoms with van der Waals surface area (Å²) in [4.78, 5) is 17.2. The molecule has 1 heterocycles. The zero-order valence-corrected chi connectivity index (χ0v) is 18.3. The van der Waals surface area contributed by atoms with Crippen molar-refractivity contribution in [1.29, 1.82) is 0 Å². The molecule has 1 aliphatic heterocycles. The van der Waals surface area contributed by atoms with E-state index in [1.54, 1.807) is 12.1 Å². The number of ether oxygens (including phenoxy) is 1. The van der Waals surface area contributed by atoms with Gasteiger partial charge in [-0.15, -0.1) is 0 Å². The van der Waals surface area contributed by atoms with Crippen molar-refractivity contribution in [3.63, 3.8) is 0 Å². The summed E-state index contributed by atoms with van der Waals surface area (Å²) < 4.78 is 5.56. The van der Waals surface area contributed by atoms with Gasteiger partial charge in [0.25, 0.3) is 0 Å². The zero-order chi connectivity index (χ0) is 22.3. The van der Waals surface area contributed by atoms with Crippen LogP contribution in [0.15, 0.2) is 78.9 Å². The van der Waals surface area contributed by atoms with E-state index in [1.807, 2.05) is 78.6 Å². The molecule has 0 bridgehead atoms. The number of aromatic hydroxyl groups is 1. The summed E-state index contributed by atoms with van der Waals surface area (Å²) in [5.74, 6) is 1.07. The monoisotopic (exact) mass is 431 g/mol. The van der Waals surface area contributed by atoms with Crippen LogP contribution in [-0.2, 0) is 0 Å². The van der Waals surface area contributed by atoms with Crippen molar-refractivity contribution in [2.75, 3.05) is 37.7 Å². The number of hydrogen-bond donors (Lipinski definition) is 2. The topological polar surface area (TPSA) is 65.0 Å². The van der Waals surface area contributed by atoms with E-state index in [2.05, 4.69) is 10.2 Å². The van der Waals surface area contributed by atoms with Gasteiger partial charge in [0, 0.05) is 37.9 Å². The highest BCUT2D eigenvalue weighted by molar-refractivity contribution is 5.76. The van der Waals surface area contributed by atoms with Crippen LogP contribution in [0.3, 0.4) is 0 Å². The minimum Gasteiger partial charge on any atom is -0.508 e. The molecule has 0 aliphatic carbocycles. The Morgan fingerprint density at radius 2 is 1.62 bits per heavy atom. The number of nitrogens with one attached hydrogen (secondary N) is 1. The summed E-state index contributed by atoms with van der Waals surface area (Å²) >= 11 is 0. The molecule has 1 unspecified atom stereocenters. The second-order valence-electron chi connectivity index (χ2n) is 7.79. The average molecular weight is 432 g/mol. The van der Waals surface area contributed by atoms with Gasteiger partial charge in [0.15, 0.2) is 0 Å². The molecule has 1 fully saturated rings. The molecule has 3 aromatic rings. The Labute approximate surface area is 189 Å². The molecule has 0 radical (unpaired) electrons. The molecule has 32 heavy (non-hydrogen) atoms. The van der Waals surface area contributed by atoms with Crippen molar-refractivity contribution in [2.24, 2.45) is 0 Å². The number of urea groups is 1. The highest BCUT2D eigenvalue weighted by Gasteiger charge is 2.24. The van der Waals surface area contributed by atoms with Crippen LogP contribution < -0.4 is 15.0 Å². The molecule has 1 atom stereocenters. The summed E-state index contributed by atoms with van der Waals surface area (Å²) in [6, 6.07) is 24.8. The van der Waals surface area contributed by atoms with Crippen molar-refractivity contribution in [3.05, 3.63) is 90.0 Å². The molecular formula is C26H29N3O3. The maximum atomic E-state index is 13.2. The second kappa shape index (κ2) is 10.1. The molecular weight excluding hydrogens is 402 g/mol. The first-order valence-corrected chi connectivity index (χ1v) is 11.0. The molecule has 2 amide bonds. The lowest BCUT2D eigenvalue weighted by atomic mass is 9.98. The Balaban J connectivity index is 1.45. The lowest BCUT2D eigenvalue weighted by Gasteiger charge is -2.37. The number of amides is 2. The predicted octanol–water partition coefficient (Wildman–Crippen LogP) is 4.41. The van der Waals surface area contributed by atoms with Crippen LogP contribution in [0.25, 0.3) is 0 Å². The van der Waals surface area contributed by atoms with Crippen molar-refractivity contribution in [2.45, 2.75) is 13.0 Å². The van der Waals surface area contributed by atoms with Crippen LogP contribution in [0.5, 0.6) is 11.5 Å². The van der Waals surface area contributed by atoms with E-state index in [4.69, 9.17) is 4.74 Å². The highest BCUT2D eigenvalue weighted by atomic mass is 16.5. The first kappa shape index (κ1) is 21.6. The van der Waals surface area contributed by atoms with E-state index >= 15 is 0 Å². The van der Waals surface area contributed by atoms with E-state index in [0.29, 0.717) is 19.7 Å². The number of piperazine rings is 1. The predicted molar refractivity (Wildman–Crippen MR) is 126 cm³/mol. The summed E-state index contributed by atoms with van der Waals surface area (Å²) in [6.07, 6.45) is 0. The summed E-state index contributed by atoms with van der Waals surface area (Å²) in [7, 11) is 0. The molecule has 1 aliphatic rings. The van der Waals surface area contributed by atoms with Crippen molar-refractivity contribution < 1.29 is 14.6 Å². The lowest BCUT2D eigenvalue weighted by molar-refractivity contribution is 0.192. The molecule has 4 rings (SSSR count). The number of phenolic OH excluding ortho intramolecular Hbond substituents is 1. The maximum Gasteiger partial charge on any atom is 0.318 e. The third-order valence-electron chi connectivity index (χ3n) is 5.69. The summed E-state index contributed by atoms with van der Waals surface area (Å²) in [5, 5.41) is 13.0. The third kappa shape index (κ3) is 5.14. The summed E-state index contributed by atoms with van der Waals surface area (Å²) in [5.41, 5.74) is 3.01. The van der Waals surface area contributed by atoms with E-state index < -0.39 is 0 Å². The zero-order valence-electron chi connectivity index (χ0n) is 18.3. The van der Waals surface area contributed by atoms with Gasteiger partial charge in [-0.05, 0) is 42.3 Å². The number of carbonyl (C=O) groups is 1. The van der Waals surface area contributed by atoms with E-state index in [1.165, 1.54) is 0 Å². The Morgan fingerprint density at radius 3 is 2.28 bits per heavy atom. The first-order valence-electron chi connectivity index (χ1n) is 11.0. The maximum absolute atomic E-state index is 13.2. The fourth-order valence-corrected chi connectivity index (χ4v) is 4.00. The van der Waals surface area contributed by atoms with Gasteiger partial charge in [-0.2, -0.15) is 0 Å². The molecule has 0 saturated carbocycles. The van der Waals surface area contributed by atoms with Gasteiger partial charge in [0.05, 0.1) is 12.6 Å². The number of rotatable bonds is 6. The van der Waals surface area contributed by atoms with Gasteiger partial charge in [-0.1, -0.05) is 48.5 Å². The number of anilines is 1. The average Bonchev–Trinajstić information content (AvgIpc) is 2.84. The minimum absolute atomic E-state index is 0.0803. The van der Waals surface area contributed by atoms with E-state index in [0.717, 1.165) is 35.7 Å². The number of phenols is 1. The third-order valence-corrected chi connectivity index (χ3v) is 5.69. The minimum atomic E-state index is -0.247. The number of nitrogens with zero attached hydrogens (tertiary/aromatic N) is 2. The smallest absolute Gasteiger partial charge is 0.318 e. The molecule has 0 aromatic heterocycles. The van der Waals surface area contributed by atoms with Gasteiger partial charge in [0.2, 0.25) is 0 Å². The highest BCUT2D eigenvalue weighted by Crippen LogP contribution is 2.25. The second-order valence-corrected chi connectivity index (χ2v) is 7.79. The lowest BCUT2D eigenvalue weighted by Crippen LogP contribution is -2.52.